The van der Waals surface area contributed by atoms with Crippen LogP contribution in [-0.2, 0) is 4.79 Å². The zero-order valence-corrected chi connectivity index (χ0v) is 16.7. The molecule has 5 nitrogen and oxygen atoms in total. The molecule has 1 atom stereocenters. The third-order valence-electron chi connectivity index (χ3n) is 4.45. The summed E-state index contributed by atoms with van der Waals surface area (Å²) in [4.78, 5) is 21.3. The number of anilines is 1. The first-order valence-corrected chi connectivity index (χ1v) is 10.2. The Labute approximate surface area is 161 Å². The van der Waals surface area contributed by atoms with Gasteiger partial charge in [-0.15, -0.1) is 11.3 Å². The minimum atomic E-state index is 0.0669. The number of carbonyl (C=O) groups excluding carboxylic acids is 1. The molecule has 25 heavy (non-hydrogen) atoms. The Morgan fingerprint density at radius 2 is 2.00 bits per heavy atom. The highest BCUT2D eigenvalue weighted by Crippen LogP contribution is 2.20. The highest BCUT2D eigenvalue weighted by Gasteiger charge is 2.21. The summed E-state index contributed by atoms with van der Waals surface area (Å²) >= 11 is 5.12. The third-order valence-corrected chi connectivity index (χ3v) is 5.81. The van der Waals surface area contributed by atoms with E-state index in [1.807, 2.05) is 23.7 Å². The second-order valence-corrected chi connectivity index (χ2v) is 7.95. The molecule has 1 aliphatic heterocycles. The molecule has 0 bridgehead atoms. The lowest BCUT2D eigenvalue weighted by Gasteiger charge is -2.34. The number of carbonyl (C=O) groups is 1. The second kappa shape index (κ2) is 8.78. The summed E-state index contributed by atoms with van der Waals surface area (Å²) in [5, 5.41) is 6.25. The molecule has 7 heteroatoms. The molecule has 2 heterocycles. The lowest BCUT2D eigenvalue weighted by molar-refractivity contribution is -0.123. The van der Waals surface area contributed by atoms with Gasteiger partial charge in [0.2, 0.25) is 5.91 Å². The molecule has 1 amide bonds. The summed E-state index contributed by atoms with van der Waals surface area (Å²) in [6.45, 7) is 6.18. The van der Waals surface area contributed by atoms with Crippen LogP contribution >= 0.6 is 27.3 Å². The Bertz CT molecular complexity index is 669. The lowest BCUT2D eigenvalue weighted by atomic mass is 10.0. The number of piperazine rings is 1. The molecule has 1 fully saturated rings. The van der Waals surface area contributed by atoms with Gasteiger partial charge >= 0.3 is 0 Å². The number of nitrogens with one attached hydrogen (secondary N) is 1. The van der Waals surface area contributed by atoms with E-state index in [1.54, 1.807) is 11.3 Å². The first-order chi connectivity index (χ1) is 12.2. The second-order valence-electron chi connectivity index (χ2n) is 6.16. The summed E-state index contributed by atoms with van der Waals surface area (Å²) in [5.41, 5.74) is 1.15. The van der Waals surface area contributed by atoms with E-state index in [9.17, 15) is 4.79 Å². The van der Waals surface area contributed by atoms with Crippen molar-refractivity contribution in [3.8, 4) is 0 Å². The van der Waals surface area contributed by atoms with Crippen molar-refractivity contribution in [1.29, 1.82) is 0 Å². The smallest absolute Gasteiger partial charge is 0.234 e. The fourth-order valence-electron chi connectivity index (χ4n) is 3.03. The lowest BCUT2D eigenvalue weighted by Crippen LogP contribution is -2.49. The van der Waals surface area contributed by atoms with Gasteiger partial charge in [-0.1, -0.05) is 35.0 Å². The van der Waals surface area contributed by atoms with E-state index < -0.39 is 0 Å². The van der Waals surface area contributed by atoms with E-state index in [1.165, 1.54) is 0 Å². The average molecular weight is 423 g/mol. The molecule has 0 saturated carbocycles. The Hall–Kier alpha value is -1.44. The molecule has 1 aliphatic rings. The summed E-state index contributed by atoms with van der Waals surface area (Å²) in [7, 11) is 0. The van der Waals surface area contributed by atoms with Crippen LogP contribution in [0.1, 0.15) is 24.9 Å². The Kier molecular flexibility index (Phi) is 6.45. The van der Waals surface area contributed by atoms with Gasteiger partial charge in [0.25, 0.3) is 0 Å². The van der Waals surface area contributed by atoms with Crippen molar-refractivity contribution in [2.45, 2.75) is 19.4 Å². The van der Waals surface area contributed by atoms with Gasteiger partial charge in [-0.05, 0) is 24.1 Å². The van der Waals surface area contributed by atoms with Gasteiger partial charge < -0.3 is 10.2 Å². The number of benzene rings is 1. The molecular weight excluding hydrogens is 400 g/mol. The number of aromatic nitrogens is 1. The van der Waals surface area contributed by atoms with Crippen LogP contribution in [0.25, 0.3) is 0 Å². The molecule has 0 spiro atoms. The Morgan fingerprint density at radius 1 is 1.28 bits per heavy atom. The predicted octanol–water partition coefficient (Wildman–Crippen LogP) is 3.30. The van der Waals surface area contributed by atoms with E-state index in [4.69, 9.17) is 0 Å². The van der Waals surface area contributed by atoms with E-state index in [0.717, 1.165) is 47.8 Å². The molecule has 134 valence electrons. The number of rotatable bonds is 6. The average Bonchev–Trinajstić information content (AvgIpc) is 3.16. The van der Waals surface area contributed by atoms with Gasteiger partial charge in [-0.3, -0.25) is 9.69 Å². The van der Waals surface area contributed by atoms with Gasteiger partial charge in [0, 0.05) is 42.2 Å². The highest BCUT2D eigenvalue weighted by molar-refractivity contribution is 9.10. The van der Waals surface area contributed by atoms with Gasteiger partial charge in [-0.2, -0.15) is 0 Å². The fraction of sp³-hybridized carbons (Fsp3) is 0.444. The van der Waals surface area contributed by atoms with Crippen molar-refractivity contribution in [3.63, 3.8) is 0 Å². The van der Waals surface area contributed by atoms with E-state index in [-0.39, 0.29) is 11.9 Å². The maximum absolute atomic E-state index is 12.4. The molecule has 1 saturated heterocycles. The minimum Gasteiger partial charge on any atom is -0.348 e. The number of hydrogen-bond acceptors (Lipinski definition) is 5. The molecule has 3 rings (SSSR count). The van der Waals surface area contributed by atoms with Crippen molar-refractivity contribution < 1.29 is 4.79 Å². The molecule has 0 radical (unpaired) electrons. The van der Waals surface area contributed by atoms with Crippen LogP contribution in [0.3, 0.4) is 0 Å². The number of amides is 1. The minimum absolute atomic E-state index is 0.0669. The van der Waals surface area contributed by atoms with E-state index >= 15 is 0 Å². The predicted molar refractivity (Wildman–Crippen MR) is 106 cm³/mol. The highest BCUT2D eigenvalue weighted by atomic mass is 79.9. The molecule has 2 aromatic rings. The first-order valence-electron chi connectivity index (χ1n) is 8.57. The first kappa shape index (κ1) is 18.4. The zero-order chi connectivity index (χ0) is 17.6. The number of thiazole rings is 1. The zero-order valence-electron chi connectivity index (χ0n) is 14.3. The maximum Gasteiger partial charge on any atom is 0.234 e. The topological polar surface area (TPSA) is 48.5 Å². The summed E-state index contributed by atoms with van der Waals surface area (Å²) in [6.07, 6.45) is 2.72. The van der Waals surface area contributed by atoms with Crippen LogP contribution in [0.2, 0.25) is 0 Å². The van der Waals surface area contributed by atoms with Gasteiger partial charge in [0.15, 0.2) is 5.13 Å². The van der Waals surface area contributed by atoms with Crippen LogP contribution < -0.4 is 10.2 Å². The molecule has 1 aromatic heterocycles. The van der Waals surface area contributed by atoms with Crippen LogP contribution in [0.4, 0.5) is 5.13 Å². The largest absolute Gasteiger partial charge is 0.348 e. The van der Waals surface area contributed by atoms with Crippen LogP contribution in [0.15, 0.2) is 40.3 Å². The van der Waals surface area contributed by atoms with Crippen LogP contribution in [0.5, 0.6) is 0 Å². The fourth-order valence-corrected chi connectivity index (χ4v) is 3.99. The van der Waals surface area contributed by atoms with Gasteiger partial charge in [0.05, 0.1) is 12.6 Å². The van der Waals surface area contributed by atoms with Gasteiger partial charge in [0.1, 0.15) is 0 Å². The van der Waals surface area contributed by atoms with Crippen LogP contribution in [-0.4, -0.2) is 48.5 Å². The van der Waals surface area contributed by atoms with Gasteiger partial charge in [-0.25, -0.2) is 4.98 Å². The normalized spacial score (nSPS) is 16.6. The quantitative estimate of drug-likeness (QED) is 0.775. The summed E-state index contributed by atoms with van der Waals surface area (Å²) < 4.78 is 1.05. The molecular formula is C18H23BrN4OS. The third kappa shape index (κ3) is 5.03. The Balaban J connectivity index is 1.48. The van der Waals surface area contributed by atoms with E-state index in [0.29, 0.717) is 6.54 Å². The standard InChI is InChI=1S/C18H23BrN4OS/c1-2-16(14-3-5-15(19)6-4-14)21-17(24)13-22-8-10-23(11-9-22)18-20-7-12-25-18/h3-7,12,16H,2,8-11,13H2,1H3,(H,21,24)/t16-/m1/s1. The number of nitrogens with zero attached hydrogens (tertiary/aromatic N) is 3. The SMILES string of the molecule is CC[C@@H](NC(=O)CN1CCN(c2nccs2)CC1)c1ccc(Br)cc1. The maximum atomic E-state index is 12.4. The number of hydrogen-bond donors (Lipinski definition) is 1. The van der Waals surface area contributed by atoms with E-state index in [2.05, 4.69) is 55.1 Å². The van der Waals surface area contributed by atoms with Crippen molar-refractivity contribution in [2.24, 2.45) is 0 Å². The van der Waals surface area contributed by atoms with Crippen LogP contribution in [0, 0.1) is 0 Å². The molecule has 1 aromatic carbocycles. The number of halogens is 1. The summed E-state index contributed by atoms with van der Waals surface area (Å²) in [6, 6.07) is 8.22. The van der Waals surface area contributed by atoms with Crippen molar-refractivity contribution in [3.05, 3.63) is 45.9 Å². The van der Waals surface area contributed by atoms with Crippen molar-refractivity contribution in [1.82, 2.24) is 15.2 Å². The molecule has 0 unspecified atom stereocenters. The molecule has 1 N–H and O–H groups in total. The Morgan fingerprint density at radius 3 is 2.60 bits per heavy atom. The van der Waals surface area contributed by atoms with Crippen molar-refractivity contribution in [2.75, 3.05) is 37.6 Å². The molecule has 0 aliphatic carbocycles. The summed E-state index contributed by atoms with van der Waals surface area (Å²) in [5.74, 6) is 0.0949. The van der Waals surface area contributed by atoms with Crippen molar-refractivity contribution >= 4 is 38.3 Å². The monoisotopic (exact) mass is 422 g/mol.